The van der Waals surface area contributed by atoms with Gasteiger partial charge in [0.15, 0.2) is 5.82 Å². The number of hydrogen-bond acceptors (Lipinski definition) is 3. The van der Waals surface area contributed by atoms with Gasteiger partial charge >= 0.3 is 0 Å². The Hall–Kier alpha value is -6.06. The first-order valence-corrected chi connectivity index (χ1v) is 15.2. The fourth-order valence-electron chi connectivity index (χ4n) is 6.47. The maximum absolute atomic E-state index is 6.54. The van der Waals surface area contributed by atoms with Gasteiger partial charge in [0.2, 0.25) is 0 Å². The van der Waals surface area contributed by atoms with Crippen LogP contribution >= 0.6 is 0 Å². The minimum atomic E-state index is 0.706. The summed E-state index contributed by atoms with van der Waals surface area (Å²) in [6.45, 7) is 0. The summed E-state index contributed by atoms with van der Waals surface area (Å²) >= 11 is 0. The van der Waals surface area contributed by atoms with Crippen molar-refractivity contribution in [2.24, 2.45) is 0 Å². The zero-order valence-corrected chi connectivity index (χ0v) is 24.3. The van der Waals surface area contributed by atoms with Crippen LogP contribution < -0.4 is 0 Å². The first-order valence-electron chi connectivity index (χ1n) is 15.2. The first-order chi connectivity index (χ1) is 22.3. The van der Waals surface area contributed by atoms with E-state index in [0.29, 0.717) is 5.82 Å². The molecule has 0 fully saturated rings. The fraction of sp³-hybridized carbons (Fsp3) is 0. The summed E-state index contributed by atoms with van der Waals surface area (Å²) in [5, 5.41) is 5.48. The Morgan fingerprint density at radius 2 is 0.978 bits per heavy atom. The molecule has 0 spiro atoms. The molecular weight excluding hydrogens is 548 g/mol. The van der Waals surface area contributed by atoms with Crippen LogP contribution in [0.5, 0.6) is 0 Å². The molecule has 3 heteroatoms. The summed E-state index contributed by atoms with van der Waals surface area (Å²) in [6, 6.07) is 54.9. The van der Waals surface area contributed by atoms with E-state index in [2.05, 4.69) is 140 Å². The molecule has 2 heterocycles. The minimum Gasteiger partial charge on any atom is -0.455 e. The van der Waals surface area contributed by atoms with Gasteiger partial charge in [0.25, 0.3) is 0 Å². The van der Waals surface area contributed by atoms with Gasteiger partial charge in [-0.15, -0.1) is 0 Å². The van der Waals surface area contributed by atoms with Gasteiger partial charge in [-0.1, -0.05) is 127 Å². The van der Waals surface area contributed by atoms with Crippen LogP contribution in [-0.2, 0) is 0 Å². The third-order valence-electron chi connectivity index (χ3n) is 8.69. The highest BCUT2D eigenvalue weighted by Gasteiger charge is 2.17. The van der Waals surface area contributed by atoms with E-state index >= 15 is 0 Å². The number of fused-ring (bicyclic) bond motifs is 6. The molecule has 0 aliphatic carbocycles. The van der Waals surface area contributed by atoms with Crippen LogP contribution in [0.3, 0.4) is 0 Å². The van der Waals surface area contributed by atoms with Crippen molar-refractivity contribution in [3.8, 4) is 44.9 Å². The first kappa shape index (κ1) is 25.4. The third kappa shape index (κ3) is 4.29. The highest BCUT2D eigenvalue weighted by atomic mass is 16.3. The summed E-state index contributed by atoms with van der Waals surface area (Å²) in [5.41, 5.74) is 10.3. The molecule has 3 nitrogen and oxygen atoms in total. The van der Waals surface area contributed by atoms with Gasteiger partial charge < -0.3 is 4.42 Å². The second-order valence-electron chi connectivity index (χ2n) is 11.4. The van der Waals surface area contributed by atoms with Crippen LogP contribution in [0.25, 0.3) is 88.5 Å². The van der Waals surface area contributed by atoms with Crippen LogP contribution in [-0.4, -0.2) is 9.97 Å². The lowest BCUT2D eigenvalue weighted by Gasteiger charge is -2.10. The fourth-order valence-corrected chi connectivity index (χ4v) is 6.47. The number of furan rings is 1. The van der Waals surface area contributed by atoms with E-state index in [1.807, 2.05) is 18.2 Å². The van der Waals surface area contributed by atoms with Crippen LogP contribution in [0.1, 0.15) is 0 Å². The highest BCUT2D eigenvalue weighted by Crippen LogP contribution is 2.41. The number of para-hydroxylation sites is 1. The topological polar surface area (TPSA) is 38.9 Å². The molecular formula is C42H26N2O. The Morgan fingerprint density at radius 1 is 0.378 bits per heavy atom. The van der Waals surface area contributed by atoms with E-state index in [-0.39, 0.29) is 0 Å². The van der Waals surface area contributed by atoms with Crippen molar-refractivity contribution in [1.29, 1.82) is 0 Å². The second-order valence-corrected chi connectivity index (χ2v) is 11.4. The molecule has 0 bridgehead atoms. The molecule has 0 amide bonds. The Bertz CT molecular complexity index is 2510. The average Bonchev–Trinajstić information content (AvgIpc) is 3.50. The maximum atomic E-state index is 6.54. The highest BCUT2D eigenvalue weighted by molar-refractivity contribution is 6.19. The molecule has 210 valence electrons. The normalized spacial score (nSPS) is 11.6. The monoisotopic (exact) mass is 574 g/mol. The molecule has 45 heavy (non-hydrogen) atoms. The van der Waals surface area contributed by atoms with Gasteiger partial charge in [-0.3, -0.25) is 0 Å². The zero-order valence-electron chi connectivity index (χ0n) is 24.3. The molecule has 9 rings (SSSR count). The van der Waals surface area contributed by atoms with Crippen LogP contribution in [0.15, 0.2) is 162 Å². The van der Waals surface area contributed by atoms with Crippen molar-refractivity contribution in [3.05, 3.63) is 158 Å². The predicted octanol–water partition coefficient (Wildman–Crippen LogP) is 11.4. The Kier molecular flexibility index (Phi) is 5.82. The molecule has 0 aliphatic heterocycles. The lowest BCUT2D eigenvalue weighted by atomic mass is 9.95. The molecule has 0 aliphatic rings. The summed E-state index contributed by atoms with van der Waals surface area (Å²) in [7, 11) is 0. The SMILES string of the molecule is c1ccc(-c2ccc(-c3nc(-c4ccc5oc6c7ccccc7c(-c7ccccc7)cc6c5c4)c4ccccc4n3)cc2)cc1. The smallest absolute Gasteiger partial charge is 0.160 e. The number of hydrogen-bond donors (Lipinski definition) is 0. The molecule has 7 aromatic carbocycles. The van der Waals surface area contributed by atoms with Crippen LogP contribution in [0, 0.1) is 0 Å². The summed E-state index contributed by atoms with van der Waals surface area (Å²) in [5.74, 6) is 0.706. The summed E-state index contributed by atoms with van der Waals surface area (Å²) in [6.07, 6.45) is 0. The quantitative estimate of drug-likeness (QED) is 0.210. The van der Waals surface area contributed by atoms with E-state index in [9.17, 15) is 0 Å². The Morgan fingerprint density at radius 3 is 1.76 bits per heavy atom. The van der Waals surface area contributed by atoms with Crippen molar-refractivity contribution in [1.82, 2.24) is 9.97 Å². The van der Waals surface area contributed by atoms with Gasteiger partial charge in [-0.2, -0.15) is 0 Å². The maximum Gasteiger partial charge on any atom is 0.160 e. The largest absolute Gasteiger partial charge is 0.455 e. The molecule has 0 atom stereocenters. The van der Waals surface area contributed by atoms with Crippen molar-refractivity contribution in [2.45, 2.75) is 0 Å². The van der Waals surface area contributed by atoms with Crippen LogP contribution in [0.4, 0.5) is 0 Å². The van der Waals surface area contributed by atoms with Gasteiger partial charge in [0, 0.05) is 32.7 Å². The van der Waals surface area contributed by atoms with Crippen molar-refractivity contribution in [2.75, 3.05) is 0 Å². The molecule has 0 unspecified atom stereocenters. The lowest BCUT2D eigenvalue weighted by molar-refractivity contribution is 0.673. The predicted molar refractivity (Wildman–Crippen MR) is 186 cm³/mol. The van der Waals surface area contributed by atoms with E-state index < -0.39 is 0 Å². The number of benzene rings is 7. The van der Waals surface area contributed by atoms with E-state index in [0.717, 1.165) is 55.0 Å². The van der Waals surface area contributed by atoms with Gasteiger partial charge in [0.05, 0.1) is 11.2 Å². The van der Waals surface area contributed by atoms with Crippen LogP contribution in [0.2, 0.25) is 0 Å². The van der Waals surface area contributed by atoms with Gasteiger partial charge in [0.1, 0.15) is 11.2 Å². The van der Waals surface area contributed by atoms with E-state index in [1.165, 1.54) is 27.6 Å². The molecule has 9 aromatic rings. The number of rotatable bonds is 4. The number of aromatic nitrogens is 2. The number of nitrogens with zero attached hydrogens (tertiary/aromatic N) is 2. The van der Waals surface area contributed by atoms with Crippen molar-refractivity contribution >= 4 is 43.6 Å². The third-order valence-corrected chi connectivity index (χ3v) is 8.69. The molecule has 0 saturated carbocycles. The van der Waals surface area contributed by atoms with E-state index in [4.69, 9.17) is 14.4 Å². The second kappa shape index (κ2) is 10.3. The summed E-state index contributed by atoms with van der Waals surface area (Å²) in [4.78, 5) is 10.2. The molecule has 2 aromatic heterocycles. The Balaban J connectivity index is 1.24. The molecule has 0 radical (unpaired) electrons. The van der Waals surface area contributed by atoms with Gasteiger partial charge in [-0.25, -0.2) is 9.97 Å². The average molecular weight is 575 g/mol. The lowest BCUT2D eigenvalue weighted by Crippen LogP contribution is -1.95. The van der Waals surface area contributed by atoms with E-state index in [1.54, 1.807) is 0 Å². The van der Waals surface area contributed by atoms with Crippen molar-refractivity contribution in [3.63, 3.8) is 0 Å². The Labute approximate surface area is 260 Å². The molecule has 0 N–H and O–H groups in total. The minimum absolute atomic E-state index is 0.706. The summed E-state index contributed by atoms with van der Waals surface area (Å²) < 4.78 is 6.54. The standard InChI is InChI=1S/C42H26N2O/c1-3-11-27(12-4-1)28-19-21-30(22-20-28)42-43-38-18-10-9-17-34(38)40(44-42)31-23-24-39-36(25-31)37-26-35(29-13-5-2-6-14-29)32-15-7-8-16-33(32)41(37)45-39/h1-26H. The molecule has 0 saturated heterocycles. The van der Waals surface area contributed by atoms with Gasteiger partial charge in [-0.05, 0) is 58.0 Å². The van der Waals surface area contributed by atoms with Crippen molar-refractivity contribution < 1.29 is 4.42 Å². The zero-order chi connectivity index (χ0) is 29.7.